The molecule has 0 aromatic heterocycles. The van der Waals surface area contributed by atoms with E-state index in [1.165, 1.54) is 19.2 Å². The quantitative estimate of drug-likeness (QED) is 0.646. The minimum absolute atomic E-state index is 0.0764. The first-order valence-corrected chi connectivity index (χ1v) is 10.8. The van der Waals surface area contributed by atoms with Crippen LogP contribution in [0.5, 0.6) is 5.75 Å². The first-order valence-electron chi connectivity index (χ1n) is 8.90. The van der Waals surface area contributed by atoms with Crippen molar-refractivity contribution in [3.63, 3.8) is 0 Å². The second kappa shape index (κ2) is 9.91. The average molecular weight is 425 g/mol. The van der Waals surface area contributed by atoms with Crippen LogP contribution in [-0.4, -0.2) is 27.5 Å². The number of ether oxygens (including phenoxy) is 1. The van der Waals surface area contributed by atoms with Gasteiger partial charge in [-0.2, -0.15) is 4.72 Å². The Morgan fingerprint density at radius 2 is 1.68 bits per heavy atom. The van der Waals surface area contributed by atoms with Crippen LogP contribution in [0, 0.1) is 5.92 Å². The van der Waals surface area contributed by atoms with Gasteiger partial charge >= 0.3 is 0 Å². The van der Waals surface area contributed by atoms with Crippen LogP contribution in [0.3, 0.4) is 0 Å². The maximum Gasteiger partial charge on any atom is 0.241 e. The Labute approximate surface area is 171 Å². The van der Waals surface area contributed by atoms with Crippen molar-refractivity contribution < 1.29 is 17.9 Å². The van der Waals surface area contributed by atoms with Gasteiger partial charge in [-0.25, -0.2) is 8.42 Å². The van der Waals surface area contributed by atoms with E-state index < -0.39 is 16.1 Å². The molecule has 0 spiro atoms. The molecule has 2 aromatic carbocycles. The van der Waals surface area contributed by atoms with Crippen LogP contribution in [0.4, 0.5) is 0 Å². The van der Waals surface area contributed by atoms with Crippen molar-refractivity contribution in [2.24, 2.45) is 5.92 Å². The van der Waals surface area contributed by atoms with Crippen LogP contribution in [-0.2, 0) is 21.4 Å². The molecule has 2 N–H and O–H groups in total. The number of amides is 1. The summed E-state index contributed by atoms with van der Waals surface area (Å²) in [5.41, 5.74) is 0.874. The highest BCUT2D eigenvalue weighted by molar-refractivity contribution is 7.89. The van der Waals surface area contributed by atoms with Gasteiger partial charge in [0, 0.05) is 11.6 Å². The molecule has 2 aromatic rings. The summed E-state index contributed by atoms with van der Waals surface area (Å²) in [6.07, 6.45) is 0.377. The van der Waals surface area contributed by atoms with Crippen molar-refractivity contribution in [2.45, 2.75) is 37.8 Å². The summed E-state index contributed by atoms with van der Waals surface area (Å²) in [4.78, 5) is 12.7. The number of benzene rings is 2. The molecule has 8 heteroatoms. The van der Waals surface area contributed by atoms with Crippen molar-refractivity contribution >= 4 is 27.5 Å². The molecule has 152 valence electrons. The third-order valence-electron chi connectivity index (χ3n) is 4.07. The van der Waals surface area contributed by atoms with Crippen LogP contribution in [0.2, 0.25) is 5.02 Å². The Morgan fingerprint density at radius 3 is 2.21 bits per heavy atom. The number of carbonyl (C=O) groups is 1. The van der Waals surface area contributed by atoms with Gasteiger partial charge in [-0.3, -0.25) is 4.79 Å². The number of hydrogen-bond acceptors (Lipinski definition) is 4. The summed E-state index contributed by atoms with van der Waals surface area (Å²) in [6.45, 7) is 4.15. The topological polar surface area (TPSA) is 84.5 Å². The molecule has 6 nitrogen and oxygen atoms in total. The maximum absolute atomic E-state index is 12.7. The maximum atomic E-state index is 12.7. The van der Waals surface area contributed by atoms with Crippen LogP contribution in [0.15, 0.2) is 53.4 Å². The Balaban J connectivity index is 2.10. The fraction of sp³-hybridized carbons (Fsp3) is 0.350. The number of hydrogen-bond donors (Lipinski definition) is 2. The van der Waals surface area contributed by atoms with Crippen LogP contribution in [0.1, 0.15) is 25.8 Å². The standard InChI is InChI=1S/C20H25ClN2O4S/c1-14(2)12-19(20(24)22-13-15-4-6-16(21)7-5-15)23-28(25,26)18-10-8-17(27-3)9-11-18/h4-11,14,19,23H,12-13H2,1-3H3,(H,22,24)/t19-/m1/s1. The van der Waals surface area contributed by atoms with Crippen LogP contribution < -0.4 is 14.8 Å². The van der Waals surface area contributed by atoms with Crippen molar-refractivity contribution in [3.8, 4) is 5.75 Å². The number of rotatable bonds is 9. The van der Waals surface area contributed by atoms with Crippen molar-refractivity contribution in [3.05, 3.63) is 59.1 Å². The third-order valence-corrected chi connectivity index (χ3v) is 5.81. The monoisotopic (exact) mass is 424 g/mol. The lowest BCUT2D eigenvalue weighted by molar-refractivity contribution is -0.123. The van der Waals surface area contributed by atoms with E-state index in [0.29, 0.717) is 17.2 Å². The van der Waals surface area contributed by atoms with Crippen LogP contribution >= 0.6 is 11.6 Å². The van der Waals surface area contributed by atoms with Gasteiger partial charge in [-0.05, 0) is 54.3 Å². The van der Waals surface area contributed by atoms with Crippen molar-refractivity contribution in [2.75, 3.05) is 7.11 Å². The summed E-state index contributed by atoms with van der Waals surface area (Å²) < 4.78 is 33.0. The van der Waals surface area contributed by atoms with E-state index in [4.69, 9.17) is 16.3 Å². The third kappa shape index (κ3) is 6.51. The van der Waals surface area contributed by atoms with Gasteiger partial charge in [0.05, 0.1) is 12.0 Å². The van der Waals surface area contributed by atoms with E-state index in [1.807, 2.05) is 26.0 Å². The number of halogens is 1. The second-order valence-electron chi connectivity index (χ2n) is 6.82. The fourth-order valence-electron chi connectivity index (χ4n) is 2.60. The zero-order valence-electron chi connectivity index (χ0n) is 16.1. The van der Waals surface area contributed by atoms with Crippen molar-refractivity contribution in [1.82, 2.24) is 10.0 Å². The van der Waals surface area contributed by atoms with Gasteiger partial charge < -0.3 is 10.1 Å². The van der Waals surface area contributed by atoms with Crippen molar-refractivity contribution in [1.29, 1.82) is 0 Å². The lowest BCUT2D eigenvalue weighted by Gasteiger charge is -2.20. The molecule has 0 aliphatic rings. The minimum Gasteiger partial charge on any atom is -0.497 e. The Morgan fingerprint density at radius 1 is 1.07 bits per heavy atom. The van der Waals surface area contributed by atoms with Gasteiger partial charge in [-0.15, -0.1) is 0 Å². The summed E-state index contributed by atoms with van der Waals surface area (Å²) >= 11 is 5.86. The molecule has 0 saturated carbocycles. The molecular formula is C20H25ClN2O4S. The van der Waals surface area contributed by atoms with Gasteiger partial charge in [0.1, 0.15) is 11.8 Å². The molecule has 0 unspecified atom stereocenters. The number of carbonyl (C=O) groups excluding carboxylic acids is 1. The largest absolute Gasteiger partial charge is 0.497 e. The van der Waals surface area contributed by atoms with Gasteiger partial charge in [0.25, 0.3) is 0 Å². The van der Waals surface area contributed by atoms with E-state index in [-0.39, 0.29) is 23.3 Å². The number of methoxy groups -OCH3 is 1. The molecule has 0 bridgehead atoms. The molecule has 1 amide bonds. The predicted octanol–water partition coefficient (Wildman–Crippen LogP) is 3.36. The Bertz CT molecular complexity index is 881. The van der Waals surface area contributed by atoms with E-state index in [1.54, 1.807) is 24.3 Å². The zero-order valence-corrected chi connectivity index (χ0v) is 17.7. The molecule has 1 atom stereocenters. The number of sulfonamides is 1. The zero-order chi connectivity index (χ0) is 20.7. The SMILES string of the molecule is COc1ccc(S(=O)(=O)N[C@H](CC(C)C)C(=O)NCc2ccc(Cl)cc2)cc1. The van der Waals surface area contributed by atoms with E-state index in [2.05, 4.69) is 10.0 Å². The van der Waals surface area contributed by atoms with Crippen LogP contribution in [0.25, 0.3) is 0 Å². The lowest BCUT2D eigenvalue weighted by Crippen LogP contribution is -2.47. The van der Waals surface area contributed by atoms with E-state index in [0.717, 1.165) is 5.56 Å². The summed E-state index contributed by atoms with van der Waals surface area (Å²) in [5, 5.41) is 3.40. The Hall–Kier alpha value is -2.09. The second-order valence-corrected chi connectivity index (χ2v) is 8.97. The average Bonchev–Trinajstić information content (AvgIpc) is 2.66. The highest BCUT2D eigenvalue weighted by Gasteiger charge is 2.26. The van der Waals surface area contributed by atoms with Gasteiger partial charge in [0.2, 0.25) is 15.9 Å². The first-order chi connectivity index (χ1) is 13.2. The smallest absolute Gasteiger partial charge is 0.241 e. The minimum atomic E-state index is -3.85. The van der Waals surface area contributed by atoms with Gasteiger partial charge in [0.15, 0.2) is 0 Å². The molecule has 0 aliphatic heterocycles. The summed E-state index contributed by atoms with van der Waals surface area (Å²) in [5.74, 6) is 0.309. The molecule has 0 radical (unpaired) electrons. The highest BCUT2D eigenvalue weighted by Crippen LogP contribution is 2.17. The van der Waals surface area contributed by atoms with Gasteiger partial charge in [-0.1, -0.05) is 37.6 Å². The molecular weight excluding hydrogens is 400 g/mol. The molecule has 0 saturated heterocycles. The molecule has 2 rings (SSSR count). The fourth-order valence-corrected chi connectivity index (χ4v) is 3.94. The molecule has 0 fully saturated rings. The normalized spacial score (nSPS) is 12.6. The highest BCUT2D eigenvalue weighted by atomic mass is 35.5. The van der Waals surface area contributed by atoms with E-state index >= 15 is 0 Å². The number of nitrogens with one attached hydrogen (secondary N) is 2. The first kappa shape index (κ1) is 22.2. The van der Waals surface area contributed by atoms with E-state index in [9.17, 15) is 13.2 Å². The summed E-state index contributed by atoms with van der Waals surface area (Å²) in [6, 6.07) is 12.2. The lowest BCUT2D eigenvalue weighted by atomic mass is 10.0. The summed E-state index contributed by atoms with van der Waals surface area (Å²) in [7, 11) is -2.34. The Kier molecular flexibility index (Phi) is 7.86. The molecule has 0 heterocycles. The molecule has 28 heavy (non-hydrogen) atoms. The molecule has 0 aliphatic carbocycles. The predicted molar refractivity (Wildman–Crippen MR) is 110 cm³/mol.